The van der Waals surface area contributed by atoms with Crippen molar-refractivity contribution in [3.05, 3.63) is 36.1 Å². The highest BCUT2D eigenvalue weighted by atomic mass is 16.3. The molecule has 1 N–H and O–H groups in total. The zero-order chi connectivity index (χ0) is 17.4. The van der Waals surface area contributed by atoms with E-state index >= 15 is 0 Å². The quantitative estimate of drug-likeness (QED) is 0.929. The van der Waals surface area contributed by atoms with Crippen molar-refractivity contribution >= 4 is 22.8 Å². The molecule has 1 aromatic heterocycles. The van der Waals surface area contributed by atoms with Crippen LogP contribution in [0.5, 0.6) is 0 Å². The van der Waals surface area contributed by atoms with Crippen LogP contribution in [0.4, 0.5) is 0 Å². The van der Waals surface area contributed by atoms with Gasteiger partial charge in [0.25, 0.3) is 0 Å². The van der Waals surface area contributed by atoms with Gasteiger partial charge in [-0.3, -0.25) is 9.59 Å². The topological polar surface area (TPSA) is 62.6 Å². The number of benzene rings is 1. The summed E-state index contributed by atoms with van der Waals surface area (Å²) in [7, 11) is 0. The van der Waals surface area contributed by atoms with Crippen molar-refractivity contribution in [3.63, 3.8) is 0 Å². The SMILES string of the molecule is CC(NC(=O)C1CCN(C(=O)C2CC2)CC1)c1cc2ccccc2o1. The lowest BCUT2D eigenvalue weighted by Gasteiger charge is -2.32. The molecule has 1 atom stereocenters. The monoisotopic (exact) mass is 340 g/mol. The lowest BCUT2D eigenvalue weighted by atomic mass is 9.95. The number of nitrogens with one attached hydrogen (secondary N) is 1. The molecule has 2 aliphatic rings. The number of para-hydroxylation sites is 1. The van der Waals surface area contributed by atoms with E-state index < -0.39 is 0 Å². The highest BCUT2D eigenvalue weighted by Gasteiger charge is 2.36. The van der Waals surface area contributed by atoms with Crippen LogP contribution >= 0.6 is 0 Å². The first kappa shape index (κ1) is 16.2. The summed E-state index contributed by atoms with van der Waals surface area (Å²) in [6, 6.07) is 9.67. The number of fused-ring (bicyclic) bond motifs is 1. The minimum Gasteiger partial charge on any atom is -0.459 e. The molecule has 2 amide bonds. The summed E-state index contributed by atoms with van der Waals surface area (Å²) < 4.78 is 5.83. The summed E-state index contributed by atoms with van der Waals surface area (Å²) in [6.07, 6.45) is 3.57. The molecule has 0 spiro atoms. The zero-order valence-corrected chi connectivity index (χ0v) is 14.5. The summed E-state index contributed by atoms with van der Waals surface area (Å²) in [5, 5.41) is 4.12. The highest BCUT2D eigenvalue weighted by Crippen LogP contribution is 2.32. The molecule has 1 saturated heterocycles. The second-order valence-electron chi connectivity index (χ2n) is 7.29. The second kappa shape index (κ2) is 6.54. The van der Waals surface area contributed by atoms with Gasteiger partial charge in [0.2, 0.25) is 11.8 Å². The number of carbonyl (C=O) groups is 2. The molecule has 2 fully saturated rings. The lowest BCUT2D eigenvalue weighted by molar-refractivity contribution is -0.136. The molecule has 2 aromatic rings. The third kappa shape index (κ3) is 3.41. The van der Waals surface area contributed by atoms with Gasteiger partial charge in [0.1, 0.15) is 11.3 Å². The molecule has 2 heterocycles. The molecule has 4 rings (SSSR count). The van der Waals surface area contributed by atoms with E-state index in [1.54, 1.807) is 0 Å². The van der Waals surface area contributed by atoms with Crippen molar-refractivity contribution < 1.29 is 14.0 Å². The van der Waals surface area contributed by atoms with Crippen molar-refractivity contribution in [2.45, 2.75) is 38.6 Å². The van der Waals surface area contributed by atoms with Crippen molar-refractivity contribution in [3.8, 4) is 0 Å². The fraction of sp³-hybridized carbons (Fsp3) is 0.500. The van der Waals surface area contributed by atoms with Gasteiger partial charge in [-0.15, -0.1) is 0 Å². The third-order valence-corrected chi connectivity index (χ3v) is 5.33. The number of carbonyl (C=O) groups excluding carboxylic acids is 2. The Morgan fingerprint density at radius 2 is 1.84 bits per heavy atom. The van der Waals surface area contributed by atoms with Crippen molar-refractivity contribution in [1.82, 2.24) is 10.2 Å². The summed E-state index contributed by atoms with van der Waals surface area (Å²) in [4.78, 5) is 26.6. The van der Waals surface area contributed by atoms with Crippen LogP contribution in [0, 0.1) is 11.8 Å². The van der Waals surface area contributed by atoms with Gasteiger partial charge in [-0.25, -0.2) is 0 Å². The number of likely N-dealkylation sites (tertiary alicyclic amines) is 1. The molecule has 5 heteroatoms. The van der Waals surface area contributed by atoms with Gasteiger partial charge >= 0.3 is 0 Å². The molecule has 1 saturated carbocycles. The number of hydrogen-bond donors (Lipinski definition) is 1. The normalized spacial score (nSPS) is 19.8. The molecule has 25 heavy (non-hydrogen) atoms. The maximum Gasteiger partial charge on any atom is 0.225 e. The van der Waals surface area contributed by atoms with E-state index in [-0.39, 0.29) is 29.7 Å². The molecule has 1 aliphatic carbocycles. The molecule has 0 radical (unpaired) electrons. The third-order valence-electron chi connectivity index (χ3n) is 5.33. The van der Waals surface area contributed by atoms with Crippen LogP contribution in [-0.2, 0) is 9.59 Å². The summed E-state index contributed by atoms with van der Waals surface area (Å²) in [5.74, 6) is 1.37. The Morgan fingerprint density at radius 1 is 1.12 bits per heavy atom. The number of nitrogens with zero attached hydrogens (tertiary/aromatic N) is 1. The number of amides is 2. The minimum absolute atomic E-state index is 0.0184. The smallest absolute Gasteiger partial charge is 0.225 e. The minimum atomic E-state index is -0.161. The first-order valence-electron chi connectivity index (χ1n) is 9.19. The average Bonchev–Trinajstić information content (AvgIpc) is 3.39. The number of hydrogen-bond acceptors (Lipinski definition) is 3. The van der Waals surface area contributed by atoms with Crippen LogP contribution in [0.1, 0.15) is 44.4 Å². The van der Waals surface area contributed by atoms with E-state index in [1.165, 1.54) is 0 Å². The molecular weight excluding hydrogens is 316 g/mol. The van der Waals surface area contributed by atoms with E-state index in [0.717, 1.165) is 42.4 Å². The predicted molar refractivity (Wildman–Crippen MR) is 94.8 cm³/mol. The van der Waals surface area contributed by atoms with Crippen LogP contribution < -0.4 is 5.32 Å². The fourth-order valence-corrected chi connectivity index (χ4v) is 3.57. The summed E-state index contributed by atoms with van der Waals surface area (Å²) in [6.45, 7) is 3.35. The van der Waals surface area contributed by atoms with E-state index in [9.17, 15) is 9.59 Å². The summed E-state index contributed by atoms with van der Waals surface area (Å²) in [5.41, 5.74) is 0.838. The number of rotatable bonds is 4. The van der Waals surface area contributed by atoms with Crippen LogP contribution in [0.25, 0.3) is 11.0 Å². The van der Waals surface area contributed by atoms with Gasteiger partial charge in [0.15, 0.2) is 0 Å². The van der Waals surface area contributed by atoms with Crippen LogP contribution in [0.15, 0.2) is 34.7 Å². The molecule has 1 aromatic carbocycles. The van der Waals surface area contributed by atoms with Crippen LogP contribution in [-0.4, -0.2) is 29.8 Å². The van der Waals surface area contributed by atoms with Crippen LogP contribution in [0.3, 0.4) is 0 Å². The van der Waals surface area contributed by atoms with Gasteiger partial charge < -0.3 is 14.6 Å². The summed E-state index contributed by atoms with van der Waals surface area (Å²) >= 11 is 0. The fourth-order valence-electron chi connectivity index (χ4n) is 3.57. The molecule has 1 aliphatic heterocycles. The van der Waals surface area contributed by atoms with E-state index in [0.29, 0.717) is 13.1 Å². The van der Waals surface area contributed by atoms with Gasteiger partial charge in [0, 0.05) is 30.3 Å². The zero-order valence-electron chi connectivity index (χ0n) is 14.5. The van der Waals surface area contributed by atoms with Crippen LogP contribution in [0.2, 0.25) is 0 Å². The molecule has 5 nitrogen and oxygen atoms in total. The van der Waals surface area contributed by atoms with Crippen molar-refractivity contribution in [1.29, 1.82) is 0 Å². The van der Waals surface area contributed by atoms with Gasteiger partial charge in [-0.2, -0.15) is 0 Å². The Hall–Kier alpha value is -2.30. The molecule has 0 bridgehead atoms. The first-order chi connectivity index (χ1) is 12.1. The number of piperidine rings is 1. The Morgan fingerprint density at radius 3 is 2.52 bits per heavy atom. The van der Waals surface area contributed by atoms with E-state index in [4.69, 9.17) is 4.42 Å². The standard InChI is InChI=1S/C20H24N2O3/c1-13(18-12-16-4-2-3-5-17(16)25-18)21-19(23)14-8-10-22(11-9-14)20(24)15-6-7-15/h2-5,12-15H,6-11H2,1H3,(H,21,23). The molecule has 1 unspecified atom stereocenters. The van der Waals surface area contributed by atoms with Crippen molar-refractivity contribution in [2.75, 3.05) is 13.1 Å². The highest BCUT2D eigenvalue weighted by molar-refractivity contribution is 5.83. The Labute approximate surface area is 147 Å². The van der Waals surface area contributed by atoms with Gasteiger partial charge in [-0.05, 0) is 44.7 Å². The lowest BCUT2D eigenvalue weighted by Crippen LogP contribution is -2.43. The largest absolute Gasteiger partial charge is 0.459 e. The maximum atomic E-state index is 12.6. The number of furan rings is 1. The Bertz CT molecular complexity index is 752. The average molecular weight is 340 g/mol. The second-order valence-corrected chi connectivity index (χ2v) is 7.29. The maximum absolute atomic E-state index is 12.6. The Balaban J connectivity index is 1.33. The predicted octanol–water partition coefficient (Wildman–Crippen LogP) is 3.26. The van der Waals surface area contributed by atoms with Gasteiger partial charge in [-0.1, -0.05) is 18.2 Å². The Kier molecular flexibility index (Phi) is 4.24. The molecule has 132 valence electrons. The van der Waals surface area contributed by atoms with E-state index in [1.807, 2.05) is 42.2 Å². The van der Waals surface area contributed by atoms with Gasteiger partial charge in [0.05, 0.1) is 6.04 Å². The first-order valence-corrected chi connectivity index (χ1v) is 9.19. The molecular formula is C20H24N2O3. The van der Waals surface area contributed by atoms with E-state index in [2.05, 4.69) is 5.32 Å². The van der Waals surface area contributed by atoms with Crippen molar-refractivity contribution in [2.24, 2.45) is 11.8 Å².